The van der Waals surface area contributed by atoms with Gasteiger partial charge in [0.05, 0.1) is 13.1 Å². The van der Waals surface area contributed by atoms with Gasteiger partial charge in [0, 0.05) is 0 Å². The summed E-state index contributed by atoms with van der Waals surface area (Å²) in [6.07, 6.45) is -5.91. The van der Waals surface area contributed by atoms with Crippen molar-refractivity contribution in [1.82, 2.24) is 4.90 Å². The second kappa shape index (κ2) is 3.79. The summed E-state index contributed by atoms with van der Waals surface area (Å²) in [6, 6.07) is 0. The molecule has 1 saturated heterocycles. The van der Waals surface area contributed by atoms with Crippen molar-refractivity contribution in [3.05, 3.63) is 0 Å². The van der Waals surface area contributed by atoms with Crippen molar-refractivity contribution in [2.24, 2.45) is 5.92 Å². The summed E-state index contributed by atoms with van der Waals surface area (Å²) in [5.74, 6) is -8.04. The van der Waals surface area contributed by atoms with E-state index in [-0.39, 0.29) is 5.92 Å². The molecule has 0 atom stereocenters. The standard InChI is InChI=1S/C9H12F5NO2/c1-5(2)7(17)3-15(4-7)6(16)8(10,11)9(12,13)14/h5,17H,3-4H2,1-2H3. The molecule has 100 valence electrons. The number of hydrogen-bond donors (Lipinski definition) is 1. The Hall–Kier alpha value is -0.920. The minimum Gasteiger partial charge on any atom is -0.386 e. The highest BCUT2D eigenvalue weighted by atomic mass is 19.4. The maximum atomic E-state index is 12.7. The lowest BCUT2D eigenvalue weighted by molar-refractivity contribution is -0.280. The van der Waals surface area contributed by atoms with Crippen LogP contribution in [-0.2, 0) is 4.79 Å². The second-order valence-corrected chi connectivity index (χ2v) is 4.49. The number of rotatable bonds is 2. The quantitative estimate of drug-likeness (QED) is 0.763. The Morgan fingerprint density at radius 3 is 1.94 bits per heavy atom. The normalized spacial score (nSPS) is 20.4. The van der Waals surface area contributed by atoms with Crippen LogP contribution >= 0.6 is 0 Å². The SMILES string of the molecule is CC(C)C1(O)CN(C(=O)C(F)(F)C(F)(F)F)C1. The fourth-order valence-electron chi connectivity index (χ4n) is 1.44. The number of amides is 1. The maximum absolute atomic E-state index is 12.7. The number of halogens is 5. The molecular formula is C9H12F5NO2. The van der Waals surface area contributed by atoms with E-state index in [2.05, 4.69) is 0 Å². The molecule has 1 heterocycles. The molecule has 1 aliphatic heterocycles. The van der Waals surface area contributed by atoms with E-state index >= 15 is 0 Å². The van der Waals surface area contributed by atoms with Crippen LogP contribution in [0, 0.1) is 5.92 Å². The minimum absolute atomic E-state index is 0.313. The van der Waals surface area contributed by atoms with E-state index < -0.39 is 36.7 Å². The zero-order valence-electron chi connectivity index (χ0n) is 9.18. The van der Waals surface area contributed by atoms with Crippen molar-refractivity contribution in [3.63, 3.8) is 0 Å². The lowest BCUT2D eigenvalue weighted by Crippen LogP contribution is -2.69. The fourth-order valence-corrected chi connectivity index (χ4v) is 1.44. The molecule has 1 fully saturated rings. The van der Waals surface area contributed by atoms with Crippen LogP contribution in [0.2, 0.25) is 0 Å². The van der Waals surface area contributed by atoms with Crippen LogP contribution in [0.15, 0.2) is 0 Å². The van der Waals surface area contributed by atoms with Gasteiger partial charge in [-0.05, 0) is 5.92 Å². The molecule has 17 heavy (non-hydrogen) atoms. The number of alkyl halides is 5. The second-order valence-electron chi connectivity index (χ2n) is 4.49. The molecule has 0 spiro atoms. The summed E-state index contributed by atoms with van der Waals surface area (Å²) in [5, 5.41) is 9.66. The van der Waals surface area contributed by atoms with E-state index in [1.807, 2.05) is 0 Å². The molecule has 0 aromatic carbocycles. The van der Waals surface area contributed by atoms with E-state index in [1.54, 1.807) is 13.8 Å². The van der Waals surface area contributed by atoms with Crippen molar-refractivity contribution in [2.75, 3.05) is 13.1 Å². The third kappa shape index (κ3) is 2.22. The predicted molar refractivity (Wildman–Crippen MR) is 47.4 cm³/mol. The first-order valence-corrected chi connectivity index (χ1v) is 4.88. The Bertz CT molecular complexity index is 320. The number of nitrogens with zero attached hydrogens (tertiary/aromatic N) is 1. The molecular weight excluding hydrogens is 249 g/mol. The molecule has 8 heteroatoms. The molecule has 0 aromatic rings. The first-order valence-electron chi connectivity index (χ1n) is 4.88. The van der Waals surface area contributed by atoms with Gasteiger partial charge in [-0.2, -0.15) is 22.0 Å². The summed E-state index contributed by atoms with van der Waals surface area (Å²) in [6.45, 7) is 2.16. The van der Waals surface area contributed by atoms with Gasteiger partial charge in [0.2, 0.25) is 0 Å². The van der Waals surface area contributed by atoms with Gasteiger partial charge in [0.15, 0.2) is 0 Å². The molecule has 1 rings (SSSR count). The molecule has 3 nitrogen and oxygen atoms in total. The highest BCUT2D eigenvalue weighted by Gasteiger charge is 2.66. The first kappa shape index (κ1) is 14.1. The molecule has 1 N–H and O–H groups in total. The largest absolute Gasteiger partial charge is 0.463 e. The van der Waals surface area contributed by atoms with Gasteiger partial charge in [-0.1, -0.05) is 13.8 Å². The third-order valence-corrected chi connectivity index (χ3v) is 2.92. The Labute approximate surface area is 94.2 Å². The van der Waals surface area contributed by atoms with Crippen molar-refractivity contribution in [1.29, 1.82) is 0 Å². The number of carbonyl (C=O) groups is 1. The molecule has 1 aliphatic rings. The topological polar surface area (TPSA) is 40.5 Å². The molecule has 0 unspecified atom stereocenters. The van der Waals surface area contributed by atoms with E-state index in [0.717, 1.165) is 0 Å². The fraction of sp³-hybridized carbons (Fsp3) is 0.889. The number of β-amino-alcohol motifs (C(OH)–C–C–N with tert-alkyl or cyclic N) is 1. The lowest BCUT2D eigenvalue weighted by atomic mass is 9.82. The smallest absolute Gasteiger partial charge is 0.386 e. The minimum atomic E-state index is -5.91. The average Bonchev–Trinajstić information content (AvgIpc) is 2.09. The highest BCUT2D eigenvalue weighted by Crippen LogP contribution is 2.39. The monoisotopic (exact) mass is 261 g/mol. The van der Waals surface area contributed by atoms with Crippen LogP contribution in [0.4, 0.5) is 22.0 Å². The van der Waals surface area contributed by atoms with Gasteiger partial charge in [-0.25, -0.2) is 0 Å². The van der Waals surface area contributed by atoms with Gasteiger partial charge >= 0.3 is 18.0 Å². The van der Waals surface area contributed by atoms with Crippen LogP contribution in [-0.4, -0.2) is 46.7 Å². The Morgan fingerprint density at radius 2 is 1.65 bits per heavy atom. The van der Waals surface area contributed by atoms with Crippen LogP contribution in [0.25, 0.3) is 0 Å². The Morgan fingerprint density at radius 1 is 1.24 bits per heavy atom. The van der Waals surface area contributed by atoms with Gasteiger partial charge in [-0.3, -0.25) is 4.79 Å². The summed E-state index contributed by atoms with van der Waals surface area (Å²) < 4.78 is 61.0. The maximum Gasteiger partial charge on any atom is 0.463 e. The zero-order chi connectivity index (χ0) is 13.6. The van der Waals surface area contributed by atoms with Crippen LogP contribution in [0.5, 0.6) is 0 Å². The number of aliphatic hydroxyl groups is 1. The summed E-state index contributed by atoms with van der Waals surface area (Å²) >= 11 is 0. The van der Waals surface area contributed by atoms with Crippen molar-refractivity contribution >= 4 is 5.91 Å². The van der Waals surface area contributed by atoms with Crippen LogP contribution < -0.4 is 0 Å². The average molecular weight is 261 g/mol. The van der Waals surface area contributed by atoms with E-state index in [9.17, 15) is 31.9 Å². The molecule has 0 bridgehead atoms. The highest BCUT2D eigenvalue weighted by molar-refractivity contribution is 5.85. The van der Waals surface area contributed by atoms with Crippen molar-refractivity contribution in [3.8, 4) is 0 Å². The lowest BCUT2D eigenvalue weighted by Gasteiger charge is -2.49. The van der Waals surface area contributed by atoms with Crippen LogP contribution in [0.1, 0.15) is 13.8 Å². The summed E-state index contributed by atoms with van der Waals surface area (Å²) in [7, 11) is 0. The van der Waals surface area contributed by atoms with E-state index in [4.69, 9.17) is 0 Å². The molecule has 0 saturated carbocycles. The summed E-state index contributed by atoms with van der Waals surface area (Å²) in [5.41, 5.74) is -1.38. The van der Waals surface area contributed by atoms with E-state index in [1.165, 1.54) is 0 Å². The van der Waals surface area contributed by atoms with Crippen molar-refractivity contribution in [2.45, 2.75) is 31.5 Å². The third-order valence-electron chi connectivity index (χ3n) is 2.92. The van der Waals surface area contributed by atoms with Crippen molar-refractivity contribution < 1.29 is 31.9 Å². The molecule has 0 aliphatic carbocycles. The van der Waals surface area contributed by atoms with Crippen LogP contribution in [0.3, 0.4) is 0 Å². The Balaban J connectivity index is 2.71. The molecule has 1 amide bonds. The molecule has 0 radical (unpaired) electrons. The Kier molecular flexibility index (Phi) is 3.15. The van der Waals surface area contributed by atoms with Gasteiger partial charge in [0.25, 0.3) is 0 Å². The number of likely N-dealkylation sites (tertiary alicyclic amines) is 1. The predicted octanol–water partition coefficient (Wildman–Crippen LogP) is 1.41. The van der Waals surface area contributed by atoms with Gasteiger partial charge in [-0.15, -0.1) is 0 Å². The first-order chi connectivity index (χ1) is 7.42. The van der Waals surface area contributed by atoms with E-state index in [0.29, 0.717) is 4.90 Å². The molecule has 0 aromatic heterocycles. The zero-order valence-corrected chi connectivity index (χ0v) is 9.18. The number of hydrogen-bond acceptors (Lipinski definition) is 2. The van der Waals surface area contributed by atoms with Gasteiger partial charge in [0.1, 0.15) is 5.60 Å². The summed E-state index contributed by atoms with van der Waals surface area (Å²) in [4.78, 5) is 11.3. The van der Waals surface area contributed by atoms with Gasteiger partial charge < -0.3 is 10.0 Å². The number of carbonyl (C=O) groups excluding carboxylic acids is 1.